The molecule has 0 spiro atoms. The third-order valence-electron chi connectivity index (χ3n) is 6.16. The third kappa shape index (κ3) is 6.93. The van der Waals surface area contributed by atoms with Crippen LogP contribution in [0.1, 0.15) is 0 Å². The topological polar surface area (TPSA) is 108 Å². The first-order valence-electron chi connectivity index (χ1n) is 12.5. The molecule has 4 aromatic rings. The third-order valence-corrected chi connectivity index (χ3v) is 7.64. The van der Waals surface area contributed by atoms with Crippen molar-refractivity contribution in [1.29, 1.82) is 0 Å². The van der Waals surface area contributed by atoms with Crippen LogP contribution in [0.4, 0.5) is 23.0 Å². The number of hydrogen-bond acceptors (Lipinski definition) is 8. The van der Waals surface area contributed by atoms with Gasteiger partial charge >= 0.3 is 0 Å². The van der Waals surface area contributed by atoms with E-state index in [-0.39, 0.29) is 4.90 Å². The number of morpholine rings is 1. The number of nitrogens with zero attached hydrogens (tertiary/aromatic N) is 3. The quantitative estimate of drug-likeness (QED) is 0.279. The molecule has 2 aromatic heterocycles. The van der Waals surface area contributed by atoms with Crippen LogP contribution in [-0.2, 0) is 14.8 Å². The number of sulfonamides is 1. The number of anilines is 4. The molecule has 0 bridgehead atoms. The standard InChI is InChI=1S/C28H30N6O3S/c35-38(36,31-14-15-34-16-18-37-19-17-34)26-8-6-25(7-9-26)33-28-21-23(11-13-30-28)22-10-12-29-27(20-22)32-24-4-2-1-3-5-24/h1-13,20-21,31H,14-19H2,(H,29,32)(H,30,33). The fourth-order valence-corrected chi connectivity index (χ4v) is 5.16. The average Bonchev–Trinajstić information content (AvgIpc) is 2.95. The van der Waals surface area contributed by atoms with E-state index in [2.05, 4.69) is 30.2 Å². The Kier molecular flexibility index (Phi) is 8.25. The number of para-hydroxylation sites is 1. The minimum Gasteiger partial charge on any atom is -0.379 e. The van der Waals surface area contributed by atoms with Crippen LogP contribution in [-0.4, -0.2) is 62.7 Å². The fraction of sp³-hybridized carbons (Fsp3) is 0.214. The zero-order valence-corrected chi connectivity index (χ0v) is 21.7. The van der Waals surface area contributed by atoms with Crippen molar-refractivity contribution in [3.63, 3.8) is 0 Å². The lowest BCUT2D eigenvalue weighted by Gasteiger charge is -2.26. The summed E-state index contributed by atoms with van der Waals surface area (Å²) in [5.41, 5.74) is 3.67. The van der Waals surface area contributed by atoms with E-state index in [4.69, 9.17) is 4.74 Å². The van der Waals surface area contributed by atoms with Crippen LogP contribution in [0.5, 0.6) is 0 Å². The largest absolute Gasteiger partial charge is 0.379 e. The highest BCUT2D eigenvalue weighted by atomic mass is 32.2. The van der Waals surface area contributed by atoms with Crippen molar-refractivity contribution in [1.82, 2.24) is 19.6 Å². The molecule has 2 aromatic carbocycles. The van der Waals surface area contributed by atoms with Crippen molar-refractivity contribution in [2.24, 2.45) is 0 Å². The number of rotatable bonds is 10. The molecule has 0 unspecified atom stereocenters. The highest BCUT2D eigenvalue weighted by molar-refractivity contribution is 7.89. The van der Waals surface area contributed by atoms with Gasteiger partial charge < -0.3 is 15.4 Å². The Bertz CT molecular complexity index is 1440. The average molecular weight is 531 g/mol. The van der Waals surface area contributed by atoms with Gasteiger partial charge in [0.25, 0.3) is 0 Å². The molecule has 1 saturated heterocycles. The van der Waals surface area contributed by atoms with Crippen LogP contribution in [0.3, 0.4) is 0 Å². The van der Waals surface area contributed by atoms with Gasteiger partial charge in [0.1, 0.15) is 11.6 Å². The van der Waals surface area contributed by atoms with Gasteiger partial charge in [0, 0.05) is 49.9 Å². The van der Waals surface area contributed by atoms with Gasteiger partial charge in [-0.2, -0.15) is 0 Å². The molecule has 5 rings (SSSR count). The second kappa shape index (κ2) is 12.1. The zero-order chi connectivity index (χ0) is 26.2. The molecular formula is C28H30N6O3S. The lowest BCUT2D eigenvalue weighted by Crippen LogP contribution is -2.41. The fourth-order valence-electron chi connectivity index (χ4n) is 4.14. The Morgan fingerprint density at radius 3 is 1.95 bits per heavy atom. The first-order chi connectivity index (χ1) is 18.5. The van der Waals surface area contributed by atoms with Crippen LogP contribution < -0.4 is 15.4 Å². The van der Waals surface area contributed by atoms with E-state index in [1.807, 2.05) is 54.6 Å². The molecular weight excluding hydrogens is 500 g/mol. The van der Waals surface area contributed by atoms with Crippen LogP contribution >= 0.6 is 0 Å². The summed E-state index contributed by atoms with van der Waals surface area (Å²) in [6, 6.07) is 24.3. The SMILES string of the molecule is O=S(=O)(NCCN1CCOCC1)c1ccc(Nc2cc(-c3ccnc(Nc4ccccc4)c3)ccn2)cc1. The second-order valence-electron chi connectivity index (χ2n) is 8.85. The Labute approximate surface area is 223 Å². The van der Waals surface area contributed by atoms with Crippen LogP contribution in [0.15, 0.2) is 96.2 Å². The predicted molar refractivity (Wildman–Crippen MR) is 149 cm³/mol. The molecule has 3 N–H and O–H groups in total. The molecule has 10 heteroatoms. The number of ether oxygens (including phenoxy) is 1. The summed E-state index contributed by atoms with van der Waals surface area (Å²) in [7, 11) is -3.58. The molecule has 38 heavy (non-hydrogen) atoms. The summed E-state index contributed by atoms with van der Waals surface area (Å²) in [6.45, 7) is 4.04. The minimum atomic E-state index is -3.58. The second-order valence-corrected chi connectivity index (χ2v) is 10.6. The maximum atomic E-state index is 12.7. The first kappa shape index (κ1) is 25.8. The van der Waals surface area contributed by atoms with E-state index in [1.54, 1.807) is 36.7 Å². The predicted octanol–water partition coefficient (Wildman–Crippen LogP) is 4.24. The smallest absolute Gasteiger partial charge is 0.240 e. The number of pyridine rings is 2. The molecule has 0 atom stereocenters. The van der Waals surface area contributed by atoms with Gasteiger partial charge in [0.15, 0.2) is 0 Å². The Hall–Kier alpha value is -3.83. The van der Waals surface area contributed by atoms with Crippen molar-refractivity contribution in [3.05, 3.63) is 91.3 Å². The summed E-state index contributed by atoms with van der Waals surface area (Å²) in [5.74, 6) is 1.39. The van der Waals surface area contributed by atoms with E-state index < -0.39 is 10.0 Å². The van der Waals surface area contributed by atoms with Crippen molar-refractivity contribution in [3.8, 4) is 11.1 Å². The minimum absolute atomic E-state index is 0.224. The Balaban J connectivity index is 1.21. The number of hydrogen-bond donors (Lipinski definition) is 3. The van der Waals surface area contributed by atoms with Gasteiger partial charge in [-0.1, -0.05) is 18.2 Å². The Morgan fingerprint density at radius 1 is 0.763 bits per heavy atom. The molecule has 1 fully saturated rings. The van der Waals surface area contributed by atoms with E-state index in [0.717, 1.165) is 41.4 Å². The molecule has 0 saturated carbocycles. The van der Waals surface area contributed by atoms with E-state index >= 15 is 0 Å². The molecule has 9 nitrogen and oxygen atoms in total. The molecule has 196 valence electrons. The summed E-state index contributed by atoms with van der Waals surface area (Å²) < 4.78 is 33.4. The van der Waals surface area contributed by atoms with Crippen molar-refractivity contribution >= 4 is 33.0 Å². The molecule has 3 heterocycles. The van der Waals surface area contributed by atoms with Gasteiger partial charge in [-0.05, 0) is 71.8 Å². The summed E-state index contributed by atoms with van der Waals surface area (Å²) >= 11 is 0. The zero-order valence-electron chi connectivity index (χ0n) is 20.9. The summed E-state index contributed by atoms with van der Waals surface area (Å²) in [6.07, 6.45) is 3.50. The van der Waals surface area contributed by atoms with E-state index in [9.17, 15) is 8.42 Å². The summed E-state index contributed by atoms with van der Waals surface area (Å²) in [5, 5.41) is 6.57. The van der Waals surface area contributed by atoms with E-state index in [0.29, 0.717) is 32.1 Å². The van der Waals surface area contributed by atoms with Crippen LogP contribution in [0.2, 0.25) is 0 Å². The van der Waals surface area contributed by atoms with Gasteiger partial charge in [-0.3, -0.25) is 4.90 Å². The van der Waals surface area contributed by atoms with Crippen molar-refractivity contribution in [2.45, 2.75) is 4.90 Å². The van der Waals surface area contributed by atoms with Crippen LogP contribution in [0, 0.1) is 0 Å². The maximum absolute atomic E-state index is 12.7. The molecule has 0 amide bonds. The van der Waals surface area contributed by atoms with Crippen molar-refractivity contribution < 1.29 is 13.2 Å². The molecule has 0 aliphatic carbocycles. The lowest BCUT2D eigenvalue weighted by molar-refractivity contribution is 0.0390. The first-order valence-corrected chi connectivity index (χ1v) is 13.9. The number of benzene rings is 2. The van der Waals surface area contributed by atoms with E-state index in [1.165, 1.54) is 0 Å². The van der Waals surface area contributed by atoms with Crippen LogP contribution in [0.25, 0.3) is 11.1 Å². The molecule has 0 radical (unpaired) electrons. The normalized spacial score (nSPS) is 14.2. The molecule has 1 aliphatic heterocycles. The lowest BCUT2D eigenvalue weighted by atomic mass is 10.1. The van der Waals surface area contributed by atoms with Gasteiger partial charge in [-0.15, -0.1) is 0 Å². The molecule has 1 aliphatic rings. The highest BCUT2D eigenvalue weighted by Crippen LogP contribution is 2.26. The van der Waals surface area contributed by atoms with Gasteiger partial charge in [0.05, 0.1) is 18.1 Å². The highest BCUT2D eigenvalue weighted by Gasteiger charge is 2.15. The van der Waals surface area contributed by atoms with Gasteiger partial charge in [-0.25, -0.2) is 23.1 Å². The van der Waals surface area contributed by atoms with Gasteiger partial charge in [0.2, 0.25) is 10.0 Å². The Morgan fingerprint density at radius 2 is 1.34 bits per heavy atom. The van der Waals surface area contributed by atoms with Crippen molar-refractivity contribution in [2.75, 3.05) is 50.0 Å². The maximum Gasteiger partial charge on any atom is 0.240 e. The number of aromatic nitrogens is 2. The summed E-state index contributed by atoms with van der Waals surface area (Å²) in [4.78, 5) is 11.2. The monoisotopic (exact) mass is 530 g/mol. The number of nitrogens with one attached hydrogen (secondary N) is 3.